The summed E-state index contributed by atoms with van der Waals surface area (Å²) in [5.41, 5.74) is 0. The zero-order valence-corrected chi connectivity index (χ0v) is 6.98. The third kappa shape index (κ3) is 1.05. The molecule has 0 N–H and O–H groups in total. The Labute approximate surface area is 68.7 Å². The molecule has 0 spiro atoms. The zero-order chi connectivity index (χ0) is 7.84. The second kappa shape index (κ2) is 2.51. The van der Waals surface area contributed by atoms with Gasteiger partial charge in [0.1, 0.15) is 0 Å². The maximum Gasteiger partial charge on any atom is 0.204 e. The van der Waals surface area contributed by atoms with Crippen LogP contribution in [0.15, 0.2) is 34.1 Å². The van der Waals surface area contributed by atoms with Crippen molar-refractivity contribution in [3.8, 4) is 0 Å². The lowest BCUT2D eigenvalue weighted by molar-refractivity contribution is 0.578. The third-order valence-electron chi connectivity index (χ3n) is 1.33. The molecule has 5 heteroatoms. The van der Waals surface area contributed by atoms with E-state index >= 15 is 0 Å². The summed E-state index contributed by atoms with van der Waals surface area (Å²) < 4.78 is 26.5. The number of fused-ring (bicyclic) bond motifs is 1. The van der Waals surface area contributed by atoms with Gasteiger partial charge in [0, 0.05) is 0 Å². The molecule has 58 valence electrons. The van der Waals surface area contributed by atoms with Gasteiger partial charge in [-0.1, -0.05) is 12.1 Å². The molecular weight excluding hydrogens is 184 g/mol. The second-order valence-electron chi connectivity index (χ2n) is 1.98. The van der Waals surface area contributed by atoms with Crippen LogP contribution in [0.25, 0.3) is 0 Å². The SMILES string of the molecule is O=S1OS(=O)c2ccccc21. The molecule has 0 saturated heterocycles. The monoisotopic (exact) mass is 188 g/mol. The van der Waals surface area contributed by atoms with E-state index in [9.17, 15) is 8.42 Å². The minimum atomic E-state index is -1.53. The van der Waals surface area contributed by atoms with E-state index in [-0.39, 0.29) is 0 Å². The summed E-state index contributed by atoms with van der Waals surface area (Å²) in [5, 5.41) is 0. The van der Waals surface area contributed by atoms with E-state index in [1.807, 2.05) is 0 Å². The topological polar surface area (TPSA) is 43.4 Å². The number of rotatable bonds is 0. The van der Waals surface area contributed by atoms with Gasteiger partial charge in [-0.3, -0.25) is 0 Å². The van der Waals surface area contributed by atoms with E-state index < -0.39 is 22.2 Å². The standard InChI is InChI=1S/C6H4O3S2/c7-10-5-3-1-2-4-6(5)11(8)9-10/h1-4H. The summed E-state index contributed by atoms with van der Waals surface area (Å²) >= 11 is -3.06. The van der Waals surface area contributed by atoms with E-state index in [1.165, 1.54) is 0 Å². The molecule has 11 heavy (non-hydrogen) atoms. The smallest absolute Gasteiger partial charge is 0.204 e. The normalized spacial score (nSPS) is 28.4. The second-order valence-corrected chi connectivity index (χ2v) is 4.35. The molecule has 0 saturated carbocycles. The average Bonchev–Trinajstić information content (AvgIpc) is 2.30. The summed E-state index contributed by atoms with van der Waals surface area (Å²) in [6.45, 7) is 0. The molecule has 0 aliphatic carbocycles. The molecule has 0 unspecified atom stereocenters. The molecule has 0 fully saturated rings. The predicted octanol–water partition coefficient (Wildman–Crippen LogP) is 0.762. The summed E-state index contributed by atoms with van der Waals surface area (Å²) in [4.78, 5) is 1.04. The Hall–Kier alpha value is -0.520. The molecule has 3 nitrogen and oxygen atoms in total. The highest BCUT2D eigenvalue weighted by Crippen LogP contribution is 2.26. The van der Waals surface area contributed by atoms with Crippen molar-refractivity contribution >= 4 is 22.2 Å². The van der Waals surface area contributed by atoms with Crippen molar-refractivity contribution in [1.82, 2.24) is 0 Å². The van der Waals surface area contributed by atoms with Crippen molar-refractivity contribution < 1.29 is 12.0 Å². The van der Waals surface area contributed by atoms with Crippen molar-refractivity contribution in [2.24, 2.45) is 0 Å². The van der Waals surface area contributed by atoms with Gasteiger partial charge in [0.2, 0.25) is 22.2 Å². The van der Waals surface area contributed by atoms with Crippen molar-refractivity contribution in [2.45, 2.75) is 9.79 Å². The Morgan fingerprint density at radius 2 is 1.45 bits per heavy atom. The Kier molecular flexibility index (Phi) is 1.63. The van der Waals surface area contributed by atoms with Gasteiger partial charge >= 0.3 is 0 Å². The van der Waals surface area contributed by atoms with Gasteiger partial charge in [0.15, 0.2) is 0 Å². The minimum Gasteiger partial charge on any atom is -0.223 e. The molecule has 1 aliphatic heterocycles. The zero-order valence-electron chi connectivity index (χ0n) is 5.35. The fourth-order valence-corrected chi connectivity index (χ4v) is 3.14. The van der Waals surface area contributed by atoms with Crippen LogP contribution in [-0.4, -0.2) is 8.42 Å². The maximum atomic E-state index is 11.0. The average molecular weight is 188 g/mol. The lowest BCUT2D eigenvalue weighted by Gasteiger charge is -1.87. The van der Waals surface area contributed by atoms with Gasteiger partial charge in [0.05, 0.1) is 9.79 Å². The Morgan fingerprint density at radius 1 is 1.00 bits per heavy atom. The molecule has 1 aliphatic rings. The number of hydrogen-bond acceptors (Lipinski definition) is 3. The molecule has 2 rings (SSSR count). The van der Waals surface area contributed by atoms with Crippen molar-refractivity contribution in [3.63, 3.8) is 0 Å². The summed E-state index contributed by atoms with van der Waals surface area (Å²) in [6.07, 6.45) is 0. The fraction of sp³-hybridized carbons (Fsp3) is 0. The van der Waals surface area contributed by atoms with Gasteiger partial charge in [-0.05, 0) is 12.1 Å². The summed E-state index contributed by atoms with van der Waals surface area (Å²) in [7, 11) is 0. The highest BCUT2D eigenvalue weighted by molar-refractivity contribution is 7.96. The Morgan fingerprint density at radius 3 is 1.91 bits per heavy atom. The van der Waals surface area contributed by atoms with Crippen LogP contribution in [-0.2, 0) is 25.8 Å². The highest BCUT2D eigenvalue weighted by Gasteiger charge is 2.25. The van der Waals surface area contributed by atoms with Crippen LogP contribution < -0.4 is 0 Å². The van der Waals surface area contributed by atoms with E-state index in [0.717, 1.165) is 0 Å². The first-order valence-electron chi connectivity index (χ1n) is 2.90. The van der Waals surface area contributed by atoms with Crippen LogP contribution in [0.2, 0.25) is 0 Å². The van der Waals surface area contributed by atoms with Crippen molar-refractivity contribution in [2.75, 3.05) is 0 Å². The Bertz CT molecular complexity index is 314. The molecule has 0 radical (unpaired) electrons. The summed E-state index contributed by atoms with van der Waals surface area (Å²) in [6, 6.07) is 6.78. The molecule has 0 bridgehead atoms. The summed E-state index contributed by atoms with van der Waals surface area (Å²) in [5.74, 6) is 0. The molecule has 0 amide bonds. The van der Waals surface area contributed by atoms with Crippen LogP contribution in [0.1, 0.15) is 0 Å². The quantitative estimate of drug-likeness (QED) is 0.603. The molecule has 0 atom stereocenters. The van der Waals surface area contributed by atoms with Gasteiger partial charge < -0.3 is 0 Å². The van der Waals surface area contributed by atoms with Crippen LogP contribution in [0.3, 0.4) is 0 Å². The third-order valence-corrected chi connectivity index (χ3v) is 3.88. The maximum absolute atomic E-state index is 11.0. The molecule has 1 aromatic carbocycles. The van der Waals surface area contributed by atoms with Gasteiger partial charge in [-0.2, -0.15) is 3.63 Å². The van der Waals surface area contributed by atoms with Crippen LogP contribution in [0, 0.1) is 0 Å². The fourth-order valence-electron chi connectivity index (χ4n) is 0.855. The molecule has 0 aromatic heterocycles. The largest absolute Gasteiger partial charge is 0.223 e. The van der Waals surface area contributed by atoms with Gasteiger partial charge in [-0.15, -0.1) is 0 Å². The predicted molar refractivity (Wildman–Crippen MR) is 40.3 cm³/mol. The van der Waals surface area contributed by atoms with E-state index in [4.69, 9.17) is 0 Å². The van der Waals surface area contributed by atoms with E-state index in [0.29, 0.717) is 9.79 Å². The van der Waals surface area contributed by atoms with Crippen molar-refractivity contribution in [1.29, 1.82) is 0 Å². The number of hydrogen-bond donors (Lipinski definition) is 0. The van der Waals surface area contributed by atoms with E-state index in [2.05, 4.69) is 3.63 Å². The van der Waals surface area contributed by atoms with Crippen LogP contribution >= 0.6 is 0 Å². The van der Waals surface area contributed by atoms with Crippen LogP contribution in [0.5, 0.6) is 0 Å². The van der Waals surface area contributed by atoms with Crippen LogP contribution in [0.4, 0.5) is 0 Å². The van der Waals surface area contributed by atoms with Crippen molar-refractivity contribution in [3.05, 3.63) is 24.3 Å². The van der Waals surface area contributed by atoms with Gasteiger partial charge in [-0.25, -0.2) is 8.42 Å². The van der Waals surface area contributed by atoms with E-state index in [1.54, 1.807) is 24.3 Å². The first kappa shape index (κ1) is 7.15. The molecular formula is C6H4O3S2. The molecule has 1 heterocycles. The minimum absolute atomic E-state index is 0.519. The lowest BCUT2D eigenvalue weighted by atomic mass is 10.4. The molecule has 1 aromatic rings. The van der Waals surface area contributed by atoms with Gasteiger partial charge in [0.25, 0.3) is 0 Å². The highest BCUT2D eigenvalue weighted by atomic mass is 32.3. The number of benzene rings is 1. The Balaban J connectivity index is 2.69. The first-order chi connectivity index (χ1) is 5.29. The first-order valence-corrected chi connectivity index (χ1v) is 5.05. The lowest BCUT2D eigenvalue weighted by Crippen LogP contribution is -1.85.